The first-order valence-electron chi connectivity index (χ1n) is 9.70. The second kappa shape index (κ2) is 9.00. The molecule has 2 aromatic rings. The minimum atomic E-state index is -0.499. The predicted octanol–water partition coefficient (Wildman–Crippen LogP) is 2.59. The summed E-state index contributed by atoms with van der Waals surface area (Å²) in [6.45, 7) is 6.31. The second-order valence-electron chi connectivity index (χ2n) is 7.93. The molecular formula is C23H26N2O5. The van der Waals surface area contributed by atoms with E-state index in [1.807, 2.05) is 12.1 Å². The summed E-state index contributed by atoms with van der Waals surface area (Å²) in [5, 5.41) is 14.2. The van der Waals surface area contributed by atoms with Crippen molar-refractivity contribution in [3.05, 3.63) is 64.9 Å². The molecule has 0 aliphatic carbocycles. The van der Waals surface area contributed by atoms with Crippen LogP contribution in [0.25, 0.3) is 6.08 Å². The molecule has 0 bridgehead atoms. The Bertz CT molecular complexity index is 959. The number of carbonyl (C=O) groups excluding carboxylic acids is 2. The first kappa shape index (κ1) is 21.4. The van der Waals surface area contributed by atoms with Gasteiger partial charge in [0.25, 0.3) is 11.8 Å². The Labute approximate surface area is 175 Å². The highest BCUT2D eigenvalue weighted by Gasteiger charge is 2.18. The van der Waals surface area contributed by atoms with E-state index in [1.165, 1.54) is 0 Å². The van der Waals surface area contributed by atoms with Crippen LogP contribution in [-0.2, 0) is 10.2 Å². The Hall–Kier alpha value is -3.32. The summed E-state index contributed by atoms with van der Waals surface area (Å²) in [5.74, 6) is 0.298. The summed E-state index contributed by atoms with van der Waals surface area (Å²) < 4.78 is 10.7. The molecule has 0 saturated heterocycles. The van der Waals surface area contributed by atoms with Crippen LogP contribution in [-0.4, -0.2) is 36.9 Å². The molecule has 0 spiro atoms. The highest BCUT2D eigenvalue weighted by Crippen LogP contribution is 2.33. The van der Waals surface area contributed by atoms with Crippen LogP contribution in [0.4, 0.5) is 0 Å². The smallest absolute Gasteiger partial charge is 0.267 e. The summed E-state index contributed by atoms with van der Waals surface area (Å²) in [6, 6.07) is 12.5. The zero-order valence-electron chi connectivity index (χ0n) is 17.3. The number of carbonyl (C=O) groups is 2. The normalized spacial score (nSPS) is 13.1. The maximum Gasteiger partial charge on any atom is 0.267 e. The molecule has 0 fully saturated rings. The fourth-order valence-corrected chi connectivity index (χ4v) is 2.91. The number of benzene rings is 2. The van der Waals surface area contributed by atoms with Crippen molar-refractivity contribution in [2.75, 3.05) is 19.9 Å². The molecule has 1 aliphatic heterocycles. The highest BCUT2D eigenvalue weighted by atomic mass is 16.7. The van der Waals surface area contributed by atoms with E-state index in [0.717, 1.165) is 5.56 Å². The van der Waals surface area contributed by atoms with Crippen molar-refractivity contribution < 1.29 is 24.2 Å². The van der Waals surface area contributed by atoms with E-state index < -0.39 is 11.8 Å². The SMILES string of the molecule is CC(C)(C)c1ccc(C(=O)N/C(=C\c2ccc3c(c2)OCO3)C(=O)NCCO)cc1. The molecule has 3 rings (SSSR count). The van der Waals surface area contributed by atoms with Gasteiger partial charge in [0.2, 0.25) is 6.79 Å². The summed E-state index contributed by atoms with van der Waals surface area (Å²) in [6.07, 6.45) is 1.55. The summed E-state index contributed by atoms with van der Waals surface area (Å²) in [7, 11) is 0. The number of amides is 2. The topological polar surface area (TPSA) is 96.9 Å². The molecule has 1 aliphatic rings. The number of hydrogen-bond acceptors (Lipinski definition) is 5. The van der Waals surface area contributed by atoms with Crippen molar-refractivity contribution in [3.8, 4) is 11.5 Å². The van der Waals surface area contributed by atoms with Gasteiger partial charge in [-0.05, 0) is 46.9 Å². The molecule has 0 saturated carbocycles. The predicted molar refractivity (Wildman–Crippen MR) is 113 cm³/mol. The lowest BCUT2D eigenvalue weighted by atomic mass is 9.87. The van der Waals surface area contributed by atoms with Crippen LogP contribution >= 0.6 is 0 Å². The quantitative estimate of drug-likeness (QED) is 0.636. The molecule has 158 valence electrons. The maximum atomic E-state index is 12.7. The van der Waals surface area contributed by atoms with Gasteiger partial charge in [0, 0.05) is 12.1 Å². The van der Waals surface area contributed by atoms with Crippen molar-refractivity contribution >= 4 is 17.9 Å². The number of hydrogen-bond donors (Lipinski definition) is 3. The summed E-state index contributed by atoms with van der Waals surface area (Å²) >= 11 is 0. The van der Waals surface area contributed by atoms with Crippen molar-refractivity contribution in [2.45, 2.75) is 26.2 Å². The largest absolute Gasteiger partial charge is 0.454 e. The molecule has 30 heavy (non-hydrogen) atoms. The zero-order chi connectivity index (χ0) is 21.7. The van der Waals surface area contributed by atoms with Gasteiger partial charge in [-0.15, -0.1) is 0 Å². The van der Waals surface area contributed by atoms with E-state index in [-0.39, 0.29) is 31.1 Å². The average molecular weight is 410 g/mol. The third-order valence-corrected chi connectivity index (χ3v) is 4.61. The van der Waals surface area contributed by atoms with Crippen LogP contribution in [0.2, 0.25) is 0 Å². The van der Waals surface area contributed by atoms with E-state index in [9.17, 15) is 9.59 Å². The van der Waals surface area contributed by atoms with Crippen molar-refractivity contribution in [2.24, 2.45) is 0 Å². The van der Waals surface area contributed by atoms with E-state index in [2.05, 4.69) is 31.4 Å². The number of fused-ring (bicyclic) bond motifs is 1. The molecular weight excluding hydrogens is 384 g/mol. The standard InChI is InChI=1S/C23H26N2O5/c1-23(2,3)17-7-5-16(6-8-17)21(27)25-18(22(28)24-10-11-26)12-15-4-9-19-20(13-15)30-14-29-19/h4-9,12-13,26H,10-11,14H2,1-3H3,(H,24,28)(H,25,27)/b18-12-. The van der Waals surface area contributed by atoms with Gasteiger partial charge < -0.3 is 25.2 Å². The molecule has 7 nitrogen and oxygen atoms in total. The number of aliphatic hydroxyl groups excluding tert-OH is 1. The lowest BCUT2D eigenvalue weighted by Crippen LogP contribution is -2.36. The Balaban J connectivity index is 1.83. The Morgan fingerprint density at radius 1 is 1.07 bits per heavy atom. The molecule has 2 amide bonds. The number of nitrogens with one attached hydrogen (secondary N) is 2. The van der Waals surface area contributed by atoms with Crippen LogP contribution in [0, 0.1) is 0 Å². The highest BCUT2D eigenvalue weighted by molar-refractivity contribution is 6.05. The molecule has 1 heterocycles. The average Bonchev–Trinajstić information content (AvgIpc) is 3.18. The Morgan fingerprint density at radius 2 is 1.77 bits per heavy atom. The van der Waals surface area contributed by atoms with Crippen molar-refractivity contribution in [1.82, 2.24) is 10.6 Å². The molecule has 7 heteroatoms. The lowest BCUT2D eigenvalue weighted by molar-refractivity contribution is -0.117. The second-order valence-corrected chi connectivity index (χ2v) is 7.93. The summed E-state index contributed by atoms with van der Waals surface area (Å²) in [4.78, 5) is 25.3. The zero-order valence-corrected chi connectivity index (χ0v) is 17.3. The first-order valence-corrected chi connectivity index (χ1v) is 9.70. The van der Waals surface area contributed by atoms with Gasteiger partial charge in [-0.1, -0.05) is 39.0 Å². The fraction of sp³-hybridized carbons (Fsp3) is 0.304. The number of aliphatic hydroxyl groups is 1. The minimum absolute atomic E-state index is 0.0242. The number of rotatable bonds is 6. The van der Waals surface area contributed by atoms with Gasteiger partial charge >= 0.3 is 0 Å². The van der Waals surface area contributed by atoms with Gasteiger partial charge in [-0.3, -0.25) is 9.59 Å². The molecule has 0 unspecified atom stereocenters. The van der Waals surface area contributed by atoms with Crippen LogP contribution in [0.15, 0.2) is 48.2 Å². The Morgan fingerprint density at radius 3 is 2.43 bits per heavy atom. The lowest BCUT2D eigenvalue weighted by Gasteiger charge is -2.19. The van der Waals surface area contributed by atoms with Gasteiger partial charge in [0.05, 0.1) is 6.61 Å². The molecule has 2 aromatic carbocycles. The van der Waals surface area contributed by atoms with Gasteiger partial charge in [0.15, 0.2) is 11.5 Å². The van der Waals surface area contributed by atoms with Crippen molar-refractivity contribution in [1.29, 1.82) is 0 Å². The van der Waals surface area contributed by atoms with Crippen LogP contribution in [0.3, 0.4) is 0 Å². The molecule has 0 aromatic heterocycles. The number of ether oxygens (including phenoxy) is 2. The van der Waals surface area contributed by atoms with Crippen molar-refractivity contribution in [3.63, 3.8) is 0 Å². The summed E-state index contributed by atoms with van der Waals surface area (Å²) in [5.41, 5.74) is 2.25. The molecule has 0 atom stereocenters. The van der Waals surface area contributed by atoms with Crippen LogP contribution in [0.5, 0.6) is 11.5 Å². The minimum Gasteiger partial charge on any atom is -0.454 e. The molecule has 0 radical (unpaired) electrons. The van der Waals surface area contributed by atoms with E-state index >= 15 is 0 Å². The van der Waals surface area contributed by atoms with Crippen LogP contribution < -0.4 is 20.1 Å². The fourth-order valence-electron chi connectivity index (χ4n) is 2.91. The van der Waals surface area contributed by atoms with E-state index in [4.69, 9.17) is 14.6 Å². The third-order valence-electron chi connectivity index (χ3n) is 4.61. The Kier molecular flexibility index (Phi) is 6.42. The molecule has 3 N–H and O–H groups in total. The maximum absolute atomic E-state index is 12.7. The monoisotopic (exact) mass is 410 g/mol. The third kappa shape index (κ3) is 5.18. The van der Waals surface area contributed by atoms with Crippen LogP contribution in [0.1, 0.15) is 42.3 Å². The van der Waals surface area contributed by atoms with Gasteiger partial charge in [-0.2, -0.15) is 0 Å². The van der Waals surface area contributed by atoms with E-state index in [0.29, 0.717) is 22.6 Å². The van der Waals surface area contributed by atoms with E-state index in [1.54, 1.807) is 36.4 Å². The van der Waals surface area contributed by atoms with Gasteiger partial charge in [-0.25, -0.2) is 0 Å². The first-order chi connectivity index (χ1) is 14.3. The van der Waals surface area contributed by atoms with Gasteiger partial charge in [0.1, 0.15) is 5.70 Å².